The summed E-state index contributed by atoms with van der Waals surface area (Å²) < 4.78 is 30.5. The van der Waals surface area contributed by atoms with Crippen LogP contribution in [-0.2, 0) is 14.6 Å². The Kier molecular flexibility index (Phi) is 3.36. The lowest BCUT2D eigenvalue weighted by Crippen LogP contribution is -2.16. The third-order valence-corrected chi connectivity index (χ3v) is 5.93. The molecule has 1 aliphatic rings. The first kappa shape index (κ1) is 13.3. The van der Waals surface area contributed by atoms with Gasteiger partial charge >= 0.3 is 0 Å². The predicted molar refractivity (Wildman–Crippen MR) is 77.8 cm³/mol. The molecular formula is C16H16O3S. The fraction of sp³-hybridized carbons (Fsp3) is 0.250. The largest absolute Gasteiger partial charge is 0.347 e. The molecule has 4 heteroatoms. The number of benzene rings is 2. The average molecular weight is 288 g/mol. The first-order valence-electron chi connectivity index (χ1n) is 6.59. The molecule has 1 saturated heterocycles. The van der Waals surface area contributed by atoms with Crippen LogP contribution in [0.2, 0.25) is 0 Å². The standard InChI is InChI=1S/C16H16O3S/c1-12(13-8-4-2-5-9-13)20(17,18)16-15(19-16)14-10-6-3-7-11-14/h2-12,15-16H,1H3/t12?,15-,16-/m1/s1. The van der Waals surface area contributed by atoms with Crippen LogP contribution >= 0.6 is 0 Å². The van der Waals surface area contributed by atoms with Gasteiger partial charge in [0.2, 0.25) is 0 Å². The van der Waals surface area contributed by atoms with E-state index in [9.17, 15) is 8.42 Å². The van der Waals surface area contributed by atoms with Crippen LogP contribution in [0.5, 0.6) is 0 Å². The van der Waals surface area contributed by atoms with E-state index in [1.165, 1.54) is 0 Å². The van der Waals surface area contributed by atoms with E-state index in [0.29, 0.717) is 0 Å². The Morgan fingerprint density at radius 1 is 0.950 bits per heavy atom. The molecule has 20 heavy (non-hydrogen) atoms. The molecule has 0 N–H and O–H groups in total. The molecule has 1 aliphatic heterocycles. The molecule has 0 aromatic heterocycles. The number of hydrogen-bond donors (Lipinski definition) is 0. The summed E-state index contributed by atoms with van der Waals surface area (Å²) in [7, 11) is -3.34. The zero-order valence-corrected chi connectivity index (χ0v) is 12.0. The van der Waals surface area contributed by atoms with E-state index in [1.54, 1.807) is 6.92 Å². The zero-order chi connectivity index (χ0) is 14.2. The minimum Gasteiger partial charge on any atom is -0.347 e. The summed E-state index contributed by atoms with van der Waals surface area (Å²) >= 11 is 0. The van der Waals surface area contributed by atoms with Crippen LogP contribution in [-0.4, -0.2) is 13.9 Å². The Labute approximate surface area is 119 Å². The van der Waals surface area contributed by atoms with Crippen molar-refractivity contribution >= 4 is 9.84 Å². The number of rotatable bonds is 4. The molecule has 1 fully saturated rings. The molecule has 3 atom stereocenters. The molecule has 0 aliphatic carbocycles. The fourth-order valence-electron chi connectivity index (χ4n) is 2.34. The molecule has 0 bridgehead atoms. The van der Waals surface area contributed by atoms with E-state index >= 15 is 0 Å². The number of sulfone groups is 1. The molecule has 0 spiro atoms. The second kappa shape index (κ2) is 5.04. The third kappa shape index (κ3) is 2.37. The van der Waals surface area contributed by atoms with E-state index < -0.39 is 20.5 Å². The highest BCUT2D eigenvalue weighted by atomic mass is 32.2. The Bertz CT molecular complexity index is 680. The van der Waals surface area contributed by atoms with Gasteiger partial charge in [-0.3, -0.25) is 0 Å². The molecule has 3 rings (SSSR count). The Hall–Kier alpha value is -1.65. The Balaban J connectivity index is 1.81. The molecule has 2 aromatic carbocycles. The van der Waals surface area contributed by atoms with Gasteiger partial charge in [0.25, 0.3) is 0 Å². The van der Waals surface area contributed by atoms with Crippen molar-refractivity contribution in [1.82, 2.24) is 0 Å². The predicted octanol–water partition coefficient (Wildman–Crippen LogP) is 3.26. The molecule has 2 aromatic rings. The van der Waals surface area contributed by atoms with E-state index in [1.807, 2.05) is 60.7 Å². The van der Waals surface area contributed by atoms with Gasteiger partial charge in [0, 0.05) is 0 Å². The quantitative estimate of drug-likeness (QED) is 0.811. The first-order valence-corrected chi connectivity index (χ1v) is 8.20. The first-order chi connectivity index (χ1) is 9.60. The molecule has 3 nitrogen and oxygen atoms in total. The number of hydrogen-bond acceptors (Lipinski definition) is 3. The summed E-state index contributed by atoms with van der Waals surface area (Å²) in [5, 5.41) is -0.553. The molecule has 0 amide bonds. The summed E-state index contributed by atoms with van der Waals surface area (Å²) in [6, 6.07) is 18.7. The maximum atomic E-state index is 12.6. The van der Waals surface area contributed by atoms with Crippen LogP contribution in [0.25, 0.3) is 0 Å². The third-order valence-electron chi connectivity index (χ3n) is 3.67. The second-order valence-electron chi connectivity index (χ2n) is 4.98. The van der Waals surface area contributed by atoms with Gasteiger partial charge in [-0.25, -0.2) is 8.42 Å². The minimum absolute atomic E-state index is 0.327. The average Bonchev–Trinajstić information content (AvgIpc) is 3.29. The van der Waals surface area contributed by atoms with Gasteiger partial charge in [0.05, 0.1) is 5.25 Å². The Morgan fingerprint density at radius 2 is 1.50 bits per heavy atom. The van der Waals surface area contributed by atoms with Crippen molar-refractivity contribution in [2.75, 3.05) is 0 Å². The van der Waals surface area contributed by atoms with Gasteiger partial charge in [-0.2, -0.15) is 0 Å². The monoisotopic (exact) mass is 288 g/mol. The smallest absolute Gasteiger partial charge is 0.190 e. The highest BCUT2D eigenvalue weighted by molar-refractivity contribution is 7.92. The second-order valence-corrected chi connectivity index (χ2v) is 7.33. The van der Waals surface area contributed by atoms with Crippen molar-refractivity contribution in [2.24, 2.45) is 0 Å². The van der Waals surface area contributed by atoms with Crippen molar-refractivity contribution in [3.8, 4) is 0 Å². The van der Waals surface area contributed by atoms with Crippen LogP contribution < -0.4 is 0 Å². The van der Waals surface area contributed by atoms with E-state index in [-0.39, 0.29) is 6.10 Å². The lowest BCUT2D eigenvalue weighted by Gasteiger charge is -2.11. The molecule has 0 saturated carbocycles. The van der Waals surface area contributed by atoms with Crippen molar-refractivity contribution in [3.05, 3.63) is 71.8 Å². The topological polar surface area (TPSA) is 46.7 Å². The van der Waals surface area contributed by atoms with E-state index in [4.69, 9.17) is 4.74 Å². The highest BCUT2D eigenvalue weighted by Crippen LogP contribution is 2.46. The van der Waals surface area contributed by atoms with Crippen molar-refractivity contribution < 1.29 is 13.2 Å². The molecule has 104 valence electrons. The van der Waals surface area contributed by atoms with Crippen molar-refractivity contribution in [2.45, 2.75) is 23.7 Å². The summed E-state index contributed by atoms with van der Waals surface area (Å²) in [6.07, 6.45) is -0.327. The number of ether oxygens (including phenoxy) is 1. The van der Waals surface area contributed by atoms with Gasteiger partial charge in [-0.1, -0.05) is 60.7 Å². The maximum absolute atomic E-state index is 12.6. The maximum Gasteiger partial charge on any atom is 0.190 e. The Morgan fingerprint density at radius 3 is 2.10 bits per heavy atom. The lowest BCUT2D eigenvalue weighted by molar-refractivity contribution is 0.398. The normalized spacial score (nSPS) is 23.2. The minimum atomic E-state index is -3.34. The van der Waals surface area contributed by atoms with E-state index in [2.05, 4.69) is 0 Å². The molecular weight excluding hydrogens is 272 g/mol. The summed E-state index contributed by atoms with van der Waals surface area (Å²) in [4.78, 5) is 0. The van der Waals surface area contributed by atoms with Crippen LogP contribution in [0, 0.1) is 0 Å². The highest BCUT2D eigenvalue weighted by Gasteiger charge is 2.52. The summed E-state index contributed by atoms with van der Waals surface area (Å²) in [6.45, 7) is 1.72. The zero-order valence-electron chi connectivity index (χ0n) is 11.1. The van der Waals surface area contributed by atoms with Crippen LogP contribution in [0.4, 0.5) is 0 Å². The van der Waals surface area contributed by atoms with Gasteiger partial charge in [-0.15, -0.1) is 0 Å². The van der Waals surface area contributed by atoms with Crippen molar-refractivity contribution in [3.63, 3.8) is 0 Å². The summed E-state index contributed by atoms with van der Waals surface area (Å²) in [5.74, 6) is 0. The van der Waals surface area contributed by atoms with Crippen molar-refractivity contribution in [1.29, 1.82) is 0 Å². The fourth-order valence-corrected chi connectivity index (χ4v) is 4.06. The van der Waals surface area contributed by atoms with Gasteiger partial charge in [0.15, 0.2) is 15.3 Å². The number of epoxide rings is 1. The van der Waals surface area contributed by atoms with Gasteiger partial charge < -0.3 is 4.74 Å². The lowest BCUT2D eigenvalue weighted by atomic mass is 10.2. The van der Waals surface area contributed by atoms with Crippen LogP contribution in [0.1, 0.15) is 29.4 Å². The van der Waals surface area contributed by atoms with Crippen LogP contribution in [0.15, 0.2) is 60.7 Å². The van der Waals surface area contributed by atoms with Gasteiger partial charge in [-0.05, 0) is 18.1 Å². The summed E-state index contributed by atoms with van der Waals surface area (Å²) in [5.41, 5.74) is 0.997. The molecule has 0 radical (unpaired) electrons. The molecule has 1 heterocycles. The van der Waals surface area contributed by atoms with Gasteiger partial charge in [0.1, 0.15) is 6.10 Å². The SMILES string of the molecule is CC(c1ccccc1)S(=O)(=O)[C@H]1O[C@@H]1c1ccccc1. The van der Waals surface area contributed by atoms with E-state index in [0.717, 1.165) is 11.1 Å². The molecule has 1 unspecified atom stereocenters. The van der Waals surface area contributed by atoms with Crippen LogP contribution in [0.3, 0.4) is 0 Å².